The number of hydrogen-bond donors (Lipinski definition) is 3. The number of halogens is 9. The standard InChI is InChI=1S/C24H22F6N4O3.C2HF3O2/c25-23(26,27)19-10-16(6-3-14(19)11-31)34-12-18(37-22(34)24(28,29)30)13-36-17-7-4-15(5-8-17)33-21(35)20-2-1-9-32-20;3-2(4,5)1(6)7/h3-8,10,18,20,22,32H,1-2,9,12-13H2,(H,33,35);(H,6,7)/t18-,20-,22+;/m0./s1. The molecule has 2 heterocycles. The van der Waals surface area contributed by atoms with Gasteiger partial charge in [0.1, 0.15) is 18.5 Å². The Kier molecular flexibility index (Phi) is 10.6. The van der Waals surface area contributed by atoms with Gasteiger partial charge in [0, 0.05) is 11.4 Å². The lowest BCUT2D eigenvalue weighted by Gasteiger charge is -2.27. The summed E-state index contributed by atoms with van der Waals surface area (Å²) in [5.74, 6) is -2.62. The van der Waals surface area contributed by atoms with Crippen molar-refractivity contribution in [1.82, 2.24) is 5.32 Å². The Bertz CT molecular complexity index is 1350. The molecule has 3 atom stereocenters. The zero-order chi connectivity index (χ0) is 32.9. The number of nitrogens with one attached hydrogen (secondary N) is 2. The van der Waals surface area contributed by atoms with Gasteiger partial charge >= 0.3 is 24.5 Å². The van der Waals surface area contributed by atoms with Gasteiger partial charge in [-0.3, -0.25) is 4.79 Å². The van der Waals surface area contributed by atoms with Crippen LogP contribution in [-0.2, 0) is 20.5 Å². The predicted octanol–water partition coefficient (Wildman–Crippen LogP) is 5.07. The number of rotatable bonds is 6. The fourth-order valence-corrected chi connectivity index (χ4v) is 4.20. The highest BCUT2D eigenvalue weighted by molar-refractivity contribution is 5.95. The van der Waals surface area contributed by atoms with E-state index in [-0.39, 0.29) is 24.2 Å². The van der Waals surface area contributed by atoms with Gasteiger partial charge in [0.15, 0.2) is 0 Å². The van der Waals surface area contributed by atoms with Crippen molar-refractivity contribution in [3.63, 3.8) is 0 Å². The summed E-state index contributed by atoms with van der Waals surface area (Å²) < 4.78 is 123. The molecule has 0 bridgehead atoms. The van der Waals surface area contributed by atoms with E-state index in [1.807, 2.05) is 0 Å². The van der Waals surface area contributed by atoms with Crippen molar-refractivity contribution in [3.05, 3.63) is 53.6 Å². The van der Waals surface area contributed by atoms with Crippen LogP contribution in [0.4, 0.5) is 50.9 Å². The lowest BCUT2D eigenvalue weighted by molar-refractivity contribution is -0.215. The highest BCUT2D eigenvalue weighted by atomic mass is 19.4. The number of ether oxygens (including phenoxy) is 2. The number of carbonyl (C=O) groups is 2. The number of aliphatic carboxylic acids is 1. The zero-order valence-corrected chi connectivity index (χ0v) is 22.2. The average molecular weight is 642 g/mol. The SMILES string of the molecule is N#Cc1ccc(N2C[C@@H](COc3ccc(NC(=O)[C@@H]4CCCN4)cc3)O[C@@H]2C(F)(F)F)cc1C(F)(F)F.O=C(O)C(F)(F)F. The molecule has 1 amide bonds. The van der Waals surface area contributed by atoms with E-state index in [1.165, 1.54) is 18.2 Å². The number of amides is 1. The van der Waals surface area contributed by atoms with Crippen molar-refractivity contribution < 1.29 is 63.7 Å². The Morgan fingerprint density at radius 3 is 2.20 bits per heavy atom. The van der Waals surface area contributed by atoms with Gasteiger partial charge in [0.05, 0.1) is 29.8 Å². The molecule has 2 aliphatic rings. The summed E-state index contributed by atoms with van der Waals surface area (Å²) >= 11 is 0. The van der Waals surface area contributed by atoms with E-state index in [0.29, 0.717) is 22.4 Å². The first-order valence-electron chi connectivity index (χ1n) is 12.6. The van der Waals surface area contributed by atoms with Gasteiger partial charge in [-0.2, -0.15) is 44.8 Å². The second kappa shape index (κ2) is 13.6. The molecule has 18 heteroatoms. The first-order chi connectivity index (χ1) is 20.4. The van der Waals surface area contributed by atoms with Crippen molar-refractivity contribution in [2.45, 2.75) is 49.7 Å². The van der Waals surface area contributed by atoms with Gasteiger partial charge in [0.2, 0.25) is 12.1 Å². The summed E-state index contributed by atoms with van der Waals surface area (Å²) in [4.78, 5) is 21.7. The molecule has 44 heavy (non-hydrogen) atoms. The van der Waals surface area contributed by atoms with Crippen LogP contribution in [0.25, 0.3) is 0 Å². The molecule has 0 aromatic heterocycles. The second-order valence-electron chi connectivity index (χ2n) is 9.42. The van der Waals surface area contributed by atoms with Crippen LogP contribution in [0.2, 0.25) is 0 Å². The molecule has 4 rings (SSSR count). The van der Waals surface area contributed by atoms with E-state index in [2.05, 4.69) is 10.6 Å². The fraction of sp³-hybridized carbons (Fsp3) is 0.423. The Balaban J connectivity index is 0.000000676. The molecule has 2 aromatic carbocycles. The smallest absolute Gasteiger partial charge is 0.490 e. The molecule has 0 radical (unpaired) electrons. The average Bonchev–Trinajstić information content (AvgIpc) is 3.63. The molecule has 240 valence electrons. The number of carboxylic acid groups (broad SMARTS) is 1. The van der Waals surface area contributed by atoms with Crippen LogP contribution in [-0.4, -0.2) is 67.4 Å². The molecular formula is C26H23F9N4O5. The van der Waals surface area contributed by atoms with Gasteiger partial charge in [0.25, 0.3) is 0 Å². The lowest BCUT2D eigenvalue weighted by Crippen LogP contribution is -2.42. The number of anilines is 2. The van der Waals surface area contributed by atoms with Crippen LogP contribution in [0.1, 0.15) is 24.0 Å². The maximum atomic E-state index is 13.7. The van der Waals surface area contributed by atoms with Crippen molar-refractivity contribution in [2.24, 2.45) is 0 Å². The normalized spacial score (nSPS) is 20.4. The van der Waals surface area contributed by atoms with Crippen LogP contribution in [0.15, 0.2) is 42.5 Å². The highest BCUT2D eigenvalue weighted by Crippen LogP contribution is 2.39. The number of carboxylic acids is 1. The molecule has 2 aliphatic heterocycles. The molecule has 9 nitrogen and oxygen atoms in total. The second-order valence-corrected chi connectivity index (χ2v) is 9.42. The Morgan fingerprint density at radius 2 is 1.70 bits per heavy atom. The molecule has 0 aliphatic carbocycles. The van der Waals surface area contributed by atoms with E-state index < -0.39 is 54.5 Å². The predicted molar refractivity (Wildman–Crippen MR) is 134 cm³/mol. The Morgan fingerprint density at radius 1 is 1.07 bits per heavy atom. The van der Waals surface area contributed by atoms with E-state index >= 15 is 0 Å². The van der Waals surface area contributed by atoms with Crippen molar-refractivity contribution in [3.8, 4) is 11.8 Å². The number of hydrogen-bond acceptors (Lipinski definition) is 7. The lowest BCUT2D eigenvalue weighted by atomic mass is 10.1. The third-order valence-corrected chi connectivity index (χ3v) is 6.22. The molecule has 0 saturated carbocycles. The number of alkyl halides is 9. The van der Waals surface area contributed by atoms with E-state index in [9.17, 15) is 44.3 Å². The minimum atomic E-state index is -5.08. The minimum absolute atomic E-state index is 0.166. The number of benzene rings is 2. The summed E-state index contributed by atoms with van der Waals surface area (Å²) in [6, 6.07) is 9.72. The summed E-state index contributed by atoms with van der Waals surface area (Å²) in [7, 11) is 0. The molecule has 2 aromatic rings. The van der Waals surface area contributed by atoms with E-state index in [0.717, 1.165) is 31.5 Å². The van der Waals surface area contributed by atoms with Crippen molar-refractivity contribution in [2.75, 3.05) is 29.9 Å². The maximum absolute atomic E-state index is 13.7. The molecule has 2 saturated heterocycles. The number of nitrogens with zero attached hydrogens (tertiary/aromatic N) is 2. The maximum Gasteiger partial charge on any atom is 0.490 e. The fourth-order valence-electron chi connectivity index (χ4n) is 4.20. The molecule has 3 N–H and O–H groups in total. The third-order valence-electron chi connectivity index (χ3n) is 6.22. The van der Waals surface area contributed by atoms with Crippen LogP contribution in [0, 0.1) is 11.3 Å². The van der Waals surface area contributed by atoms with Gasteiger partial charge < -0.3 is 30.1 Å². The van der Waals surface area contributed by atoms with Gasteiger partial charge in [-0.15, -0.1) is 0 Å². The Hall–Kier alpha value is -4.24. The Labute approximate surface area is 243 Å². The largest absolute Gasteiger partial charge is 0.491 e. The number of nitriles is 1. The third kappa shape index (κ3) is 9.13. The quantitative estimate of drug-likeness (QED) is 0.374. The van der Waals surface area contributed by atoms with E-state index in [4.69, 9.17) is 24.6 Å². The van der Waals surface area contributed by atoms with Gasteiger partial charge in [-0.25, -0.2) is 4.79 Å². The summed E-state index contributed by atoms with van der Waals surface area (Å²) in [6.45, 7) is 0.0779. The molecular weight excluding hydrogens is 619 g/mol. The van der Waals surface area contributed by atoms with E-state index in [1.54, 1.807) is 12.1 Å². The van der Waals surface area contributed by atoms with Crippen molar-refractivity contribution in [1.29, 1.82) is 5.26 Å². The topological polar surface area (TPSA) is 124 Å². The van der Waals surface area contributed by atoms with Crippen LogP contribution >= 0.6 is 0 Å². The molecule has 0 unspecified atom stereocenters. The zero-order valence-electron chi connectivity index (χ0n) is 22.2. The first-order valence-corrected chi connectivity index (χ1v) is 12.6. The first kappa shape index (κ1) is 34.3. The summed E-state index contributed by atoms with van der Waals surface area (Å²) in [5, 5.41) is 21.9. The number of carbonyl (C=O) groups excluding carboxylic acids is 1. The van der Waals surface area contributed by atoms with Crippen LogP contribution < -0.4 is 20.3 Å². The van der Waals surface area contributed by atoms with Crippen LogP contribution in [0.5, 0.6) is 5.75 Å². The van der Waals surface area contributed by atoms with Crippen molar-refractivity contribution >= 4 is 23.3 Å². The molecule has 2 fully saturated rings. The summed E-state index contributed by atoms with van der Waals surface area (Å²) in [5.41, 5.74) is -1.89. The summed E-state index contributed by atoms with van der Waals surface area (Å²) in [6.07, 6.45) is -16.8. The van der Waals surface area contributed by atoms with Crippen LogP contribution in [0.3, 0.4) is 0 Å². The molecule has 0 spiro atoms. The van der Waals surface area contributed by atoms with Gasteiger partial charge in [-0.1, -0.05) is 0 Å². The minimum Gasteiger partial charge on any atom is -0.491 e. The highest BCUT2D eigenvalue weighted by Gasteiger charge is 2.51. The van der Waals surface area contributed by atoms with Gasteiger partial charge in [-0.05, 0) is 61.9 Å². The monoisotopic (exact) mass is 642 g/mol.